The van der Waals surface area contributed by atoms with Gasteiger partial charge in [-0.25, -0.2) is 4.98 Å². The van der Waals surface area contributed by atoms with Crippen molar-refractivity contribution in [2.45, 2.75) is 26.3 Å². The first-order chi connectivity index (χ1) is 8.90. The summed E-state index contributed by atoms with van der Waals surface area (Å²) in [6.07, 6.45) is 3.22. The van der Waals surface area contributed by atoms with Gasteiger partial charge in [0.05, 0.1) is 11.1 Å². The average Bonchev–Trinajstić information content (AvgIpc) is 2.81. The van der Waals surface area contributed by atoms with Gasteiger partial charge in [0.1, 0.15) is 5.01 Å². The van der Waals surface area contributed by atoms with E-state index in [0.29, 0.717) is 11.3 Å². The third kappa shape index (κ3) is 2.90. The molecule has 0 atom stereocenters. The Morgan fingerprint density at radius 3 is 2.74 bits per heavy atom. The zero-order valence-corrected chi connectivity index (χ0v) is 11.9. The van der Waals surface area contributed by atoms with Gasteiger partial charge in [0.25, 0.3) is 5.91 Å². The number of rotatable bonds is 3. The third-order valence-electron chi connectivity index (χ3n) is 2.71. The van der Waals surface area contributed by atoms with Crippen LogP contribution < -0.4 is 11.1 Å². The molecule has 0 aliphatic heterocycles. The van der Waals surface area contributed by atoms with Gasteiger partial charge < -0.3 is 11.1 Å². The van der Waals surface area contributed by atoms with Crippen LogP contribution >= 0.6 is 11.3 Å². The Balaban J connectivity index is 2.21. The summed E-state index contributed by atoms with van der Waals surface area (Å²) in [5.74, 6) is -0.245. The smallest absolute Gasteiger partial charge is 0.255 e. The van der Waals surface area contributed by atoms with Crippen molar-refractivity contribution in [3.05, 3.63) is 40.1 Å². The first-order valence-electron chi connectivity index (χ1n) is 5.85. The average molecular weight is 276 g/mol. The fraction of sp³-hybridized carbons (Fsp3) is 0.308. The number of nitrogens with zero attached hydrogens (tertiary/aromatic N) is 2. The van der Waals surface area contributed by atoms with Crippen LogP contribution in [0, 0.1) is 6.92 Å². The molecule has 2 aromatic heterocycles. The third-order valence-corrected chi connectivity index (χ3v) is 3.81. The Bertz CT molecular complexity index is 593. The number of hydrogen-bond acceptors (Lipinski definition) is 5. The van der Waals surface area contributed by atoms with Gasteiger partial charge >= 0.3 is 0 Å². The Labute approximate surface area is 115 Å². The van der Waals surface area contributed by atoms with E-state index in [1.807, 2.05) is 26.2 Å². The number of pyridine rings is 1. The molecule has 0 unspecified atom stereocenters. The molecular formula is C13H16N4OS. The minimum absolute atomic E-state index is 0.245. The first-order valence-corrected chi connectivity index (χ1v) is 6.73. The van der Waals surface area contributed by atoms with E-state index in [0.717, 1.165) is 10.7 Å². The molecule has 2 heterocycles. The zero-order valence-electron chi connectivity index (χ0n) is 11.1. The van der Waals surface area contributed by atoms with E-state index in [1.165, 1.54) is 17.5 Å². The van der Waals surface area contributed by atoms with Crippen molar-refractivity contribution < 1.29 is 4.79 Å². The summed E-state index contributed by atoms with van der Waals surface area (Å²) >= 11 is 1.50. The lowest BCUT2D eigenvalue weighted by atomic mass is 10.1. The van der Waals surface area contributed by atoms with Gasteiger partial charge in [-0.05, 0) is 26.8 Å². The molecule has 0 aliphatic carbocycles. The second-order valence-electron chi connectivity index (χ2n) is 4.83. The van der Waals surface area contributed by atoms with E-state index in [1.54, 1.807) is 12.3 Å². The number of nitrogens with two attached hydrogens (primary N) is 1. The number of amides is 1. The molecule has 0 radical (unpaired) electrons. The molecule has 2 rings (SSSR count). The molecule has 0 spiro atoms. The van der Waals surface area contributed by atoms with Crippen molar-refractivity contribution in [3.63, 3.8) is 0 Å². The summed E-state index contributed by atoms with van der Waals surface area (Å²) in [5, 5.41) is 5.65. The molecule has 19 heavy (non-hydrogen) atoms. The summed E-state index contributed by atoms with van der Waals surface area (Å²) in [7, 11) is 0. The largest absolute Gasteiger partial charge is 0.398 e. The van der Waals surface area contributed by atoms with Crippen LogP contribution in [0.2, 0.25) is 0 Å². The number of carbonyl (C=O) groups is 1. The van der Waals surface area contributed by atoms with Crippen LogP contribution in [0.25, 0.3) is 0 Å². The summed E-state index contributed by atoms with van der Waals surface area (Å²) in [4.78, 5) is 20.6. The van der Waals surface area contributed by atoms with Gasteiger partial charge in [0, 0.05) is 29.2 Å². The standard InChI is InChI=1S/C13H16N4OS/c1-8-6-10(14)9(7-16-8)11(18)17-13(2,3)12-15-4-5-19-12/h4-7H,1-3H3,(H2,14,16)(H,17,18). The number of thiazole rings is 1. The van der Waals surface area contributed by atoms with Crippen LogP contribution in [0.5, 0.6) is 0 Å². The summed E-state index contributed by atoms with van der Waals surface area (Å²) in [6, 6.07) is 1.69. The highest BCUT2D eigenvalue weighted by Crippen LogP contribution is 2.23. The molecular weight excluding hydrogens is 260 g/mol. The van der Waals surface area contributed by atoms with Crippen molar-refractivity contribution in [2.75, 3.05) is 5.73 Å². The Morgan fingerprint density at radius 2 is 2.16 bits per heavy atom. The monoisotopic (exact) mass is 276 g/mol. The zero-order chi connectivity index (χ0) is 14.0. The number of nitrogens with one attached hydrogen (secondary N) is 1. The van der Waals surface area contributed by atoms with Crippen molar-refractivity contribution in [1.82, 2.24) is 15.3 Å². The molecule has 1 amide bonds. The lowest BCUT2D eigenvalue weighted by molar-refractivity contribution is 0.0912. The minimum Gasteiger partial charge on any atom is -0.398 e. The van der Waals surface area contributed by atoms with Gasteiger partial charge in [-0.15, -0.1) is 11.3 Å². The van der Waals surface area contributed by atoms with E-state index in [4.69, 9.17) is 5.73 Å². The molecule has 0 saturated carbocycles. The fourth-order valence-corrected chi connectivity index (χ4v) is 2.43. The number of anilines is 1. The molecule has 0 aromatic carbocycles. The summed E-state index contributed by atoms with van der Waals surface area (Å²) < 4.78 is 0. The molecule has 0 bridgehead atoms. The highest BCUT2D eigenvalue weighted by Gasteiger charge is 2.26. The van der Waals surface area contributed by atoms with E-state index in [2.05, 4.69) is 15.3 Å². The van der Waals surface area contributed by atoms with Gasteiger partial charge in [-0.3, -0.25) is 9.78 Å². The van der Waals surface area contributed by atoms with Crippen LogP contribution in [0.15, 0.2) is 23.8 Å². The molecule has 0 aliphatic rings. The van der Waals surface area contributed by atoms with Crippen molar-refractivity contribution in [2.24, 2.45) is 0 Å². The number of nitrogen functional groups attached to an aromatic ring is 1. The maximum atomic E-state index is 12.2. The molecule has 5 nitrogen and oxygen atoms in total. The second-order valence-corrected chi connectivity index (χ2v) is 5.72. The molecule has 100 valence electrons. The number of hydrogen-bond donors (Lipinski definition) is 2. The maximum absolute atomic E-state index is 12.2. The minimum atomic E-state index is -0.539. The highest BCUT2D eigenvalue weighted by molar-refractivity contribution is 7.09. The molecule has 0 saturated heterocycles. The van der Waals surface area contributed by atoms with E-state index >= 15 is 0 Å². The number of carbonyl (C=O) groups excluding carboxylic acids is 1. The van der Waals surface area contributed by atoms with Crippen LogP contribution in [-0.2, 0) is 5.54 Å². The van der Waals surface area contributed by atoms with Crippen LogP contribution in [0.1, 0.15) is 34.9 Å². The van der Waals surface area contributed by atoms with E-state index in [-0.39, 0.29) is 5.91 Å². The molecule has 6 heteroatoms. The summed E-state index contributed by atoms with van der Waals surface area (Å²) in [5.41, 5.74) is 6.91. The quantitative estimate of drug-likeness (QED) is 0.899. The van der Waals surface area contributed by atoms with Gasteiger partial charge in [-0.1, -0.05) is 0 Å². The SMILES string of the molecule is Cc1cc(N)c(C(=O)NC(C)(C)c2nccs2)cn1. The van der Waals surface area contributed by atoms with Crippen molar-refractivity contribution in [1.29, 1.82) is 0 Å². The maximum Gasteiger partial charge on any atom is 0.255 e. The van der Waals surface area contributed by atoms with Gasteiger partial charge in [0.15, 0.2) is 0 Å². The molecule has 3 N–H and O–H groups in total. The van der Waals surface area contributed by atoms with Gasteiger partial charge in [0.2, 0.25) is 0 Å². The normalized spacial score (nSPS) is 11.3. The second kappa shape index (κ2) is 4.97. The predicted octanol–water partition coefficient (Wildman–Crippen LogP) is 2.09. The Hall–Kier alpha value is -1.95. The van der Waals surface area contributed by atoms with Crippen LogP contribution in [0.3, 0.4) is 0 Å². The Morgan fingerprint density at radius 1 is 1.42 bits per heavy atom. The number of aromatic nitrogens is 2. The van der Waals surface area contributed by atoms with Crippen LogP contribution in [-0.4, -0.2) is 15.9 Å². The van der Waals surface area contributed by atoms with Crippen LogP contribution in [0.4, 0.5) is 5.69 Å². The van der Waals surface area contributed by atoms with Gasteiger partial charge in [-0.2, -0.15) is 0 Å². The van der Waals surface area contributed by atoms with E-state index < -0.39 is 5.54 Å². The van der Waals surface area contributed by atoms with Crippen molar-refractivity contribution >= 4 is 22.9 Å². The number of aryl methyl sites for hydroxylation is 1. The Kier molecular flexibility index (Phi) is 3.53. The lowest BCUT2D eigenvalue weighted by Crippen LogP contribution is -2.41. The summed E-state index contributed by atoms with van der Waals surface area (Å²) in [6.45, 7) is 5.64. The topological polar surface area (TPSA) is 80.9 Å². The first kappa shape index (κ1) is 13.5. The molecule has 0 fully saturated rings. The predicted molar refractivity (Wildman–Crippen MR) is 76.0 cm³/mol. The highest BCUT2D eigenvalue weighted by atomic mass is 32.1. The molecule has 2 aromatic rings. The van der Waals surface area contributed by atoms with Crippen molar-refractivity contribution in [3.8, 4) is 0 Å². The fourth-order valence-electron chi connectivity index (χ4n) is 1.71. The van der Waals surface area contributed by atoms with E-state index in [9.17, 15) is 4.79 Å². The lowest BCUT2D eigenvalue weighted by Gasteiger charge is -2.24.